The summed E-state index contributed by atoms with van der Waals surface area (Å²) >= 11 is 0. The van der Waals surface area contributed by atoms with E-state index >= 15 is 0 Å². The van der Waals surface area contributed by atoms with Crippen LogP contribution in [0.5, 0.6) is 0 Å². The van der Waals surface area contributed by atoms with Gasteiger partial charge in [0.05, 0.1) is 13.1 Å². The van der Waals surface area contributed by atoms with Crippen LogP contribution in [0.15, 0.2) is 0 Å². The predicted octanol–water partition coefficient (Wildman–Crippen LogP) is -0.658. The van der Waals surface area contributed by atoms with E-state index in [1.807, 2.05) is 0 Å². The second-order valence-electron chi connectivity index (χ2n) is 2.83. The molecule has 0 spiro atoms. The summed E-state index contributed by atoms with van der Waals surface area (Å²) in [5.74, 6) is 0.795. The molecule has 54 valence electrons. The highest BCUT2D eigenvalue weighted by atomic mass is 16.3. The van der Waals surface area contributed by atoms with Gasteiger partial charge in [-0.3, -0.25) is 0 Å². The van der Waals surface area contributed by atoms with Crippen LogP contribution in [-0.4, -0.2) is 24.8 Å². The molecule has 2 heteroatoms. The van der Waals surface area contributed by atoms with E-state index < -0.39 is 0 Å². The maximum Gasteiger partial charge on any atom is 0.0784 e. The molecule has 0 saturated carbocycles. The Hall–Kier alpha value is -0.0800. The zero-order valence-electron chi connectivity index (χ0n) is 5.84. The van der Waals surface area contributed by atoms with Crippen molar-refractivity contribution in [2.24, 2.45) is 5.92 Å². The van der Waals surface area contributed by atoms with Gasteiger partial charge in [0.2, 0.25) is 0 Å². The van der Waals surface area contributed by atoms with Gasteiger partial charge in [0.25, 0.3) is 0 Å². The quantitative estimate of drug-likeness (QED) is 0.511. The van der Waals surface area contributed by atoms with E-state index in [2.05, 4.69) is 5.32 Å². The van der Waals surface area contributed by atoms with Gasteiger partial charge in [-0.25, -0.2) is 0 Å². The lowest BCUT2D eigenvalue weighted by Crippen LogP contribution is -2.87. The van der Waals surface area contributed by atoms with Crippen LogP contribution in [-0.2, 0) is 0 Å². The molecule has 1 saturated heterocycles. The Morgan fingerprint density at radius 3 is 3.00 bits per heavy atom. The van der Waals surface area contributed by atoms with Gasteiger partial charge in [0.15, 0.2) is 0 Å². The summed E-state index contributed by atoms with van der Waals surface area (Å²) < 4.78 is 0. The Bertz CT molecular complexity index is 66.6. The third kappa shape index (κ3) is 2.33. The van der Waals surface area contributed by atoms with E-state index in [0.29, 0.717) is 6.61 Å². The first-order chi connectivity index (χ1) is 4.43. The van der Waals surface area contributed by atoms with Crippen molar-refractivity contribution in [1.82, 2.24) is 0 Å². The number of rotatable bonds is 2. The third-order valence-corrected chi connectivity index (χ3v) is 2.06. The number of aliphatic hydroxyl groups is 1. The molecule has 1 aliphatic heterocycles. The van der Waals surface area contributed by atoms with Gasteiger partial charge in [-0.05, 0) is 19.3 Å². The molecule has 1 rings (SSSR count). The molecular weight excluding hydrogens is 114 g/mol. The van der Waals surface area contributed by atoms with Crippen LogP contribution in [0.4, 0.5) is 0 Å². The highest BCUT2D eigenvalue weighted by molar-refractivity contribution is 4.58. The van der Waals surface area contributed by atoms with E-state index in [0.717, 1.165) is 12.3 Å². The first-order valence-corrected chi connectivity index (χ1v) is 3.86. The maximum atomic E-state index is 8.60. The van der Waals surface area contributed by atoms with Gasteiger partial charge in [-0.2, -0.15) is 0 Å². The molecule has 0 aromatic heterocycles. The van der Waals surface area contributed by atoms with Crippen LogP contribution in [0.1, 0.15) is 19.3 Å². The lowest BCUT2D eigenvalue weighted by Gasteiger charge is -2.18. The van der Waals surface area contributed by atoms with Gasteiger partial charge >= 0.3 is 0 Å². The van der Waals surface area contributed by atoms with Crippen LogP contribution in [0.3, 0.4) is 0 Å². The topological polar surface area (TPSA) is 36.8 Å². The zero-order valence-corrected chi connectivity index (χ0v) is 5.84. The molecule has 0 aromatic carbocycles. The number of hydrogen-bond donors (Lipinski definition) is 2. The molecule has 0 aromatic rings. The number of nitrogens with two attached hydrogens (primary N) is 1. The van der Waals surface area contributed by atoms with Gasteiger partial charge < -0.3 is 10.4 Å². The Kier molecular flexibility index (Phi) is 3.01. The minimum atomic E-state index is 0.374. The van der Waals surface area contributed by atoms with Crippen molar-refractivity contribution in [3.8, 4) is 0 Å². The smallest absolute Gasteiger partial charge is 0.0784 e. The SMILES string of the molecule is OCCC1CCC[NH2+]C1. The van der Waals surface area contributed by atoms with Gasteiger partial charge in [0.1, 0.15) is 0 Å². The second-order valence-corrected chi connectivity index (χ2v) is 2.83. The van der Waals surface area contributed by atoms with Crippen LogP contribution in [0.25, 0.3) is 0 Å². The lowest BCUT2D eigenvalue weighted by molar-refractivity contribution is -0.669. The molecule has 1 fully saturated rings. The Labute approximate surface area is 56.3 Å². The Morgan fingerprint density at radius 1 is 1.56 bits per heavy atom. The number of aliphatic hydroxyl groups excluding tert-OH is 1. The Morgan fingerprint density at radius 2 is 2.44 bits per heavy atom. The standard InChI is InChI=1S/C7H15NO/c9-5-3-7-2-1-4-8-6-7/h7-9H,1-6H2/p+1. The van der Waals surface area contributed by atoms with Gasteiger partial charge in [-0.1, -0.05) is 0 Å². The van der Waals surface area contributed by atoms with Crippen molar-refractivity contribution in [2.75, 3.05) is 19.7 Å². The fraction of sp³-hybridized carbons (Fsp3) is 1.00. The molecule has 1 atom stereocenters. The highest BCUT2D eigenvalue weighted by Crippen LogP contribution is 2.09. The average molecular weight is 130 g/mol. The van der Waals surface area contributed by atoms with Crippen molar-refractivity contribution in [3.05, 3.63) is 0 Å². The molecule has 1 heterocycles. The number of hydrogen-bond acceptors (Lipinski definition) is 1. The van der Waals surface area contributed by atoms with Crippen molar-refractivity contribution in [1.29, 1.82) is 0 Å². The highest BCUT2D eigenvalue weighted by Gasteiger charge is 2.13. The molecule has 0 radical (unpaired) electrons. The maximum absolute atomic E-state index is 8.60. The monoisotopic (exact) mass is 130 g/mol. The fourth-order valence-corrected chi connectivity index (χ4v) is 1.47. The zero-order chi connectivity index (χ0) is 6.53. The van der Waals surface area contributed by atoms with Crippen LogP contribution >= 0.6 is 0 Å². The summed E-state index contributed by atoms with van der Waals surface area (Å²) in [5.41, 5.74) is 0. The average Bonchev–Trinajstić information content (AvgIpc) is 1.91. The summed E-state index contributed by atoms with van der Waals surface area (Å²) in [6.07, 6.45) is 3.68. The summed E-state index contributed by atoms with van der Waals surface area (Å²) in [6.45, 7) is 2.90. The summed E-state index contributed by atoms with van der Waals surface area (Å²) in [4.78, 5) is 0. The first-order valence-electron chi connectivity index (χ1n) is 3.86. The largest absolute Gasteiger partial charge is 0.396 e. The van der Waals surface area contributed by atoms with Crippen LogP contribution < -0.4 is 5.32 Å². The molecule has 2 nitrogen and oxygen atoms in total. The number of quaternary nitrogens is 1. The molecule has 1 aliphatic rings. The van der Waals surface area contributed by atoms with Crippen molar-refractivity contribution < 1.29 is 10.4 Å². The van der Waals surface area contributed by atoms with E-state index in [9.17, 15) is 0 Å². The molecule has 9 heavy (non-hydrogen) atoms. The second kappa shape index (κ2) is 3.85. The van der Waals surface area contributed by atoms with Crippen molar-refractivity contribution in [3.63, 3.8) is 0 Å². The van der Waals surface area contributed by atoms with E-state index in [1.54, 1.807) is 0 Å². The third-order valence-electron chi connectivity index (χ3n) is 2.06. The van der Waals surface area contributed by atoms with Crippen molar-refractivity contribution >= 4 is 0 Å². The first kappa shape index (κ1) is 7.03. The van der Waals surface area contributed by atoms with E-state index in [1.165, 1.54) is 25.9 Å². The minimum Gasteiger partial charge on any atom is -0.396 e. The van der Waals surface area contributed by atoms with E-state index in [4.69, 9.17) is 5.11 Å². The fourth-order valence-electron chi connectivity index (χ4n) is 1.47. The lowest BCUT2D eigenvalue weighted by atomic mass is 9.97. The van der Waals surface area contributed by atoms with Crippen LogP contribution in [0, 0.1) is 5.92 Å². The predicted molar refractivity (Wildman–Crippen MR) is 36.1 cm³/mol. The minimum absolute atomic E-state index is 0.374. The molecular formula is C7H16NO+. The van der Waals surface area contributed by atoms with E-state index in [-0.39, 0.29) is 0 Å². The van der Waals surface area contributed by atoms with Crippen molar-refractivity contribution in [2.45, 2.75) is 19.3 Å². The molecule has 0 amide bonds. The summed E-state index contributed by atoms with van der Waals surface area (Å²) in [5, 5.41) is 11.0. The number of piperidine rings is 1. The molecule has 0 aliphatic carbocycles. The molecule has 1 unspecified atom stereocenters. The Balaban J connectivity index is 2.08. The molecule has 0 bridgehead atoms. The summed E-state index contributed by atoms with van der Waals surface area (Å²) in [7, 11) is 0. The normalized spacial score (nSPS) is 28.3. The van der Waals surface area contributed by atoms with Gasteiger partial charge in [-0.15, -0.1) is 0 Å². The van der Waals surface area contributed by atoms with Crippen LogP contribution in [0.2, 0.25) is 0 Å². The van der Waals surface area contributed by atoms with Gasteiger partial charge in [0, 0.05) is 12.5 Å². The molecule has 3 N–H and O–H groups in total. The summed E-state index contributed by atoms with van der Waals surface area (Å²) in [6, 6.07) is 0.